The van der Waals surface area contributed by atoms with E-state index in [1.54, 1.807) is 12.1 Å². The monoisotopic (exact) mass is 427 g/mol. The number of fused-ring (bicyclic) bond motifs is 1. The first kappa shape index (κ1) is 20.7. The number of aromatic nitrogens is 2. The number of nitrogens with zero attached hydrogens (tertiary/aromatic N) is 2. The lowest BCUT2D eigenvalue weighted by Gasteiger charge is -2.26. The molecule has 0 unspecified atom stereocenters. The van der Waals surface area contributed by atoms with E-state index in [0.29, 0.717) is 44.2 Å². The van der Waals surface area contributed by atoms with Gasteiger partial charge in [-0.1, -0.05) is 6.07 Å². The van der Waals surface area contributed by atoms with E-state index in [9.17, 15) is 13.2 Å². The van der Waals surface area contributed by atoms with Crippen LogP contribution in [0.2, 0.25) is 0 Å². The normalized spacial score (nSPS) is 17.4. The van der Waals surface area contributed by atoms with Crippen molar-refractivity contribution >= 4 is 34.0 Å². The number of benzene rings is 1. The summed E-state index contributed by atoms with van der Waals surface area (Å²) in [5.74, 6) is -0.364. The van der Waals surface area contributed by atoms with Gasteiger partial charge in [0.2, 0.25) is 10.0 Å². The molecular weight excluding hydrogens is 406 g/mol. The van der Waals surface area contributed by atoms with Gasteiger partial charge in [0.15, 0.2) is 5.69 Å². The maximum atomic E-state index is 12.8. The Hall–Kier alpha value is -1.98. The zero-order valence-electron chi connectivity index (χ0n) is 15.1. The van der Waals surface area contributed by atoms with E-state index in [2.05, 4.69) is 20.8 Å². The van der Waals surface area contributed by atoms with Gasteiger partial charge >= 0.3 is 0 Å². The first-order valence-electron chi connectivity index (χ1n) is 8.82. The van der Waals surface area contributed by atoms with Crippen LogP contribution in [0.5, 0.6) is 0 Å². The van der Waals surface area contributed by atoms with Gasteiger partial charge in [-0.05, 0) is 18.2 Å². The molecule has 1 aromatic heterocycles. The zero-order valence-corrected chi connectivity index (χ0v) is 16.7. The Kier molecular flexibility index (Phi) is 6.36. The molecule has 0 atom stereocenters. The van der Waals surface area contributed by atoms with E-state index in [0.717, 1.165) is 24.2 Å². The van der Waals surface area contributed by atoms with Crippen molar-refractivity contribution in [2.75, 3.05) is 38.2 Å². The summed E-state index contributed by atoms with van der Waals surface area (Å²) in [5, 5.41) is 13.0. The molecular formula is C17H22ClN5O4S. The highest BCUT2D eigenvalue weighted by molar-refractivity contribution is 7.89. The van der Waals surface area contributed by atoms with Gasteiger partial charge in [0.05, 0.1) is 18.1 Å². The molecule has 2 aliphatic rings. The van der Waals surface area contributed by atoms with Crippen molar-refractivity contribution in [2.24, 2.45) is 0 Å². The van der Waals surface area contributed by atoms with Crippen molar-refractivity contribution in [3.05, 3.63) is 41.2 Å². The van der Waals surface area contributed by atoms with E-state index in [1.165, 1.54) is 16.4 Å². The lowest BCUT2D eigenvalue weighted by molar-refractivity contribution is 0.0730. The molecule has 11 heteroatoms. The lowest BCUT2D eigenvalue weighted by atomic mass is 10.1. The van der Waals surface area contributed by atoms with E-state index in [-0.39, 0.29) is 23.2 Å². The molecule has 9 nitrogen and oxygen atoms in total. The molecule has 1 aromatic carbocycles. The highest BCUT2D eigenvalue weighted by atomic mass is 35.5. The number of carbonyl (C=O) groups is 1. The molecule has 0 saturated carbocycles. The number of morpholine rings is 1. The second kappa shape index (κ2) is 8.58. The largest absolute Gasteiger partial charge is 0.379 e. The average molecular weight is 428 g/mol. The van der Waals surface area contributed by atoms with Gasteiger partial charge in [0.1, 0.15) is 0 Å². The van der Waals surface area contributed by atoms with Gasteiger partial charge in [-0.25, -0.2) is 8.42 Å². The Labute approximate surface area is 169 Å². The highest BCUT2D eigenvalue weighted by Gasteiger charge is 2.27. The molecule has 0 radical (unpaired) electrons. The second-order valence-electron chi connectivity index (χ2n) is 6.45. The van der Waals surface area contributed by atoms with Gasteiger partial charge in [-0.15, -0.1) is 12.4 Å². The first-order valence-corrected chi connectivity index (χ1v) is 10.3. The van der Waals surface area contributed by atoms with Crippen molar-refractivity contribution in [1.82, 2.24) is 19.8 Å². The maximum Gasteiger partial charge on any atom is 0.276 e. The summed E-state index contributed by atoms with van der Waals surface area (Å²) in [6, 6.07) is 6.28. The average Bonchev–Trinajstić information content (AvgIpc) is 3.13. The van der Waals surface area contributed by atoms with Gasteiger partial charge in [-0.2, -0.15) is 9.40 Å². The standard InChI is InChI=1S/C17H21N5O4S.ClH/c23-17(16-14-11-18-5-4-15(14)20-21-16)19-12-2-1-3-13(10-12)27(24,25)22-6-8-26-9-7-22;/h1-3,10,18H,4-9,11H2,(H,19,23)(H,20,21);1H. The number of rotatable bonds is 4. The molecule has 2 aromatic rings. The Morgan fingerprint density at radius 2 is 2.04 bits per heavy atom. The summed E-state index contributed by atoms with van der Waals surface area (Å²) in [5.41, 5.74) is 2.56. The van der Waals surface area contributed by atoms with Crippen LogP contribution in [0.1, 0.15) is 21.7 Å². The van der Waals surface area contributed by atoms with Gasteiger partial charge < -0.3 is 15.4 Å². The van der Waals surface area contributed by atoms with Gasteiger partial charge in [-0.3, -0.25) is 9.89 Å². The van der Waals surface area contributed by atoms with Crippen LogP contribution >= 0.6 is 12.4 Å². The number of hydrogen-bond acceptors (Lipinski definition) is 6. The summed E-state index contributed by atoms with van der Waals surface area (Å²) >= 11 is 0. The SMILES string of the molecule is Cl.O=C(Nc1cccc(S(=O)(=O)N2CCOCC2)c1)c1n[nH]c2c1CNCC2. The molecule has 0 spiro atoms. The number of anilines is 1. The summed E-state index contributed by atoms with van der Waals surface area (Å²) in [6.45, 7) is 2.84. The van der Waals surface area contributed by atoms with Crippen LogP contribution < -0.4 is 10.6 Å². The number of sulfonamides is 1. The van der Waals surface area contributed by atoms with Crippen molar-refractivity contribution in [1.29, 1.82) is 0 Å². The fourth-order valence-electron chi connectivity index (χ4n) is 3.27. The third-order valence-corrected chi connectivity index (χ3v) is 6.62. The third-order valence-electron chi connectivity index (χ3n) is 4.72. The third kappa shape index (κ3) is 4.06. The second-order valence-corrected chi connectivity index (χ2v) is 8.39. The minimum atomic E-state index is -3.62. The van der Waals surface area contributed by atoms with Crippen LogP contribution in [0, 0.1) is 0 Å². The lowest BCUT2D eigenvalue weighted by Crippen LogP contribution is -2.40. The molecule has 1 saturated heterocycles. The van der Waals surface area contributed by atoms with Crippen molar-refractivity contribution < 1.29 is 17.9 Å². The van der Waals surface area contributed by atoms with Crippen LogP contribution in [-0.4, -0.2) is 61.7 Å². The smallest absolute Gasteiger partial charge is 0.276 e. The molecule has 4 rings (SSSR count). The predicted octanol–water partition coefficient (Wildman–Crippen LogP) is 0.750. The summed E-state index contributed by atoms with van der Waals surface area (Å²) in [6.07, 6.45) is 0.795. The Bertz CT molecular complexity index is 956. The minimum Gasteiger partial charge on any atom is -0.379 e. The highest BCUT2D eigenvalue weighted by Crippen LogP contribution is 2.22. The van der Waals surface area contributed by atoms with E-state index in [1.807, 2.05) is 0 Å². The molecule has 1 amide bonds. The number of amides is 1. The van der Waals surface area contributed by atoms with Crippen LogP contribution in [0.15, 0.2) is 29.2 Å². The quantitative estimate of drug-likeness (QED) is 0.663. The van der Waals surface area contributed by atoms with E-state index < -0.39 is 10.0 Å². The molecule has 0 aliphatic carbocycles. The molecule has 3 N–H and O–H groups in total. The minimum absolute atomic E-state index is 0. The molecule has 28 heavy (non-hydrogen) atoms. The van der Waals surface area contributed by atoms with Gasteiger partial charge in [0, 0.05) is 49.5 Å². The summed E-state index contributed by atoms with van der Waals surface area (Å²) in [7, 11) is -3.62. The number of hydrogen-bond donors (Lipinski definition) is 3. The number of carbonyl (C=O) groups excluding carboxylic acids is 1. The topological polar surface area (TPSA) is 116 Å². The molecule has 152 valence electrons. The summed E-state index contributed by atoms with van der Waals surface area (Å²) in [4.78, 5) is 12.8. The van der Waals surface area contributed by atoms with Crippen molar-refractivity contribution in [3.63, 3.8) is 0 Å². The van der Waals surface area contributed by atoms with Gasteiger partial charge in [0.25, 0.3) is 5.91 Å². The summed E-state index contributed by atoms with van der Waals surface area (Å²) < 4.78 is 32.2. The Morgan fingerprint density at radius 1 is 1.25 bits per heavy atom. The molecule has 0 bridgehead atoms. The van der Waals surface area contributed by atoms with Crippen LogP contribution in [0.3, 0.4) is 0 Å². The number of nitrogens with one attached hydrogen (secondary N) is 3. The number of aromatic amines is 1. The first-order chi connectivity index (χ1) is 13.1. The zero-order chi connectivity index (χ0) is 18.9. The molecule has 1 fully saturated rings. The predicted molar refractivity (Wildman–Crippen MR) is 105 cm³/mol. The fraction of sp³-hybridized carbons (Fsp3) is 0.412. The molecule has 3 heterocycles. The number of halogens is 1. The van der Waals surface area contributed by atoms with Crippen molar-refractivity contribution in [3.8, 4) is 0 Å². The Morgan fingerprint density at radius 3 is 2.82 bits per heavy atom. The van der Waals surface area contributed by atoms with Crippen LogP contribution in [-0.2, 0) is 27.7 Å². The fourth-order valence-corrected chi connectivity index (χ4v) is 4.73. The van der Waals surface area contributed by atoms with Crippen LogP contribution in [0.4, 0.5) is 5.69 Å². The van der Waals surface area contributed by atoms with E-state index in [4.69, 9.17) is 4.74 Å². The van der Waals surface area contributed by atoms with Crippen molar-refractivity contribution in [2.45, 2.75) is 17.9 Å². The Balaban J connectivity index is 0.00000225. The van der Waals surface area contributed by atoms with Crippen LogP contribution in [0.25, 0.3) is 0 Å². The van der Waals surface area contributed by atoms with E-state index >= 15 is 0 Å². The number of ether oxygens (including phenoxy) is 1. The number of H-pyrrole nitrogens is 1. The maximum absolute atomic E-state index is 12.8. The molecule has 2 aliphatic heterocycles.